The van der Waals surface area contributed by atoms with Crippen LogP contribution in [0.4, 0.5) is 0 Å². The molecule has 0 fully saturated rings. The van der Waals surface area contributed by atoms with Crippen LogP contribution in [0.2, 0.25) is 0 Å². The van der Waals surface area contributed by atoms with Crippen LogP contribution in [0.1, 0.15) is 36.5 Å². The Kier molecular flexibility index (Phi) is 30.9. The molecule has 88 valence electrons. The summed E-state index contributed by atoms with van der Waals surface area (Å²) in [5.41, 5.74) is 0. The first-order valence-corrected chi connectivity index (χ1v) is 3.90. The first kappa shape index (κ1) is 24.1. The Morgan fingerprint density at radius 2 is 1.00 bits per heavy atom. The normalized spacial score (nSPS) is 6.60. The average molecular weight is 250 g/mol. The van der Waals surface area contributed by atoms with Crippen LogP contribution in [0.3, 0.4) is 0 Å². The molecule has 0 aliphatic carbocycles. The van der Waals surface area contributed by atoms with E-state index in [1.54, 1.807) is 13.8 Å². The van der Waals surface area contributed by atoms with Gasteiger partial charge in [0.1, 0.15) is 0 Å². The van der Waals surface area contributed by atoms with E-state index in [4.69, 9.17) is 20.1 Å². The fourth-order valence-corrected chi connectivity index (χ4v) is 0. The summed E-state index contributed by atoms with van der Waals surface area (Å²) < 4.78 is 0. The summed E-state index contributed by atoms with van der Waals surface area (Å²) in [5.74, 6) is -2.32. The van der Waals surface area contributed by atoms with Crippen molar-refractivity contribution < 1.29 is 32.6 Å². The molecule has 0 aliphatic heterocycles. The number of hydrogen-bond acceptors (Lipinski definition) is 3. The van der Waals surface area contributed by atoms with E-state index < -0.39 is 17.9 Å². The van der Waals surface area contributed by atoms with Crippen LogP contribution in [0.5, 0.6) is 0 Å². The predicted molar refractivity (Wildman–Crippen MR) is 57.1 cm³/mol. The largest absolute Gasteiger partial charge is 2.00 e. The second kappa shape index (κ2) is 19.3. The van der Waals surface area contributed by atoms with Crippen molar-refractivity contribution in [2.45, 2.75) is 33.6 Å². The van der Waals surface area contributed by atoms with Crippen molar-refractivity contribution in [1.29, 1.82) is 0 Å². The average Bonchev–Trinajstić information content (AvgIpc) is 2.04. The van der Waals surface area contributed by atoms with Crippen LogP contribution in [0.25, 0.3) is 0 Å². The SMILES string of the molecule is CC(=O)O.CCC(=O)O.CCC(=O)O.[Ca+2].[H-].[H-]. The maximum absolute atomic E-state index is 9.37. The Balaban J connectivity index is -0.0000000247. The maximum atomic E-state index is 9.37. The van der Waals surface area contributed by atoms with E-state index in [-0.39, 0.29) is 53.4 Å². The number of carbonyl (C=O) groups is 3. The van der Waals surface area contributed by atoms with Gasteiger partial charge >= 0.3 is 49.7 Å². The van der Waals surface area contributed by atoms with Crippen molar-refractivity contribution in [3.8, 4) is 0 Å². The minimum Gasteiger partial charge on any atom is -1.00 e. The molecule has 3 N–H and O–H groups in total. The molecule has 0 saturated carbocycles. The molecule has 0 atom stereocenters. The summed E-state index contributed by atoms with van der Waals surface area (Å²) in [7, 11) is 0. The Hall–Kier alpha value is -0.330. The molecule has 0 saturated heterocycles. The van der Waals surface area contributed by atoms with Crippen molar-refractivity contribution in [2.24, 2.45) is 0 Å². The van der Waals surface area contributed by atoms with E-state index >= 15 is 0 Å². The Morgan fingerprint density at radius 3 is 1.00 bits per heavy atom. The zero-order valence-corrected chi connectivity index (χ0v) is 11.4. The van der Waals surface area contributed by atoms with Gasteiger partial charge in [-0.3, -0.25) is 14.4 Å². The third kappa shape index (κ3) is 138. The second-order valence-corrected chi connectivity index (χ2v) is 2.01. The van der Waals surface area contributed by atoms with Crippen LogP contribution in [-0.4, -0.2) is 71.0 Å². The predicted octanol–water partition coefficient (Wildman–Crippen LogP) is 0.897. The van der Waals surface area contributed by atoms with E-state index in [1.165, 1.54) is 0 Å². The van der Waals surface area contributed by atoms with Gasteiger partial charge in [-0.15, -0.1) is 0 Å². The van der Waals surface area contributed by atoms with Crippen molar-refractivity contribution >= 4 is 55.6 Å². The van der Waals surface area contributed by atoms with E-state index in [1.807, 2.05) is 0 Å². The standard InChI is InChI=1S/2C3H6O2.C2H4O2.Ca.2H/c2*1-2-3(4)5;1-2(3)4;;;/h2*2H2,1H3,(H,4,5);1H3,(H,3,4);;;/q;;;+2;2*-1. The van der Waals surface area contributed by atoms with E-state index in [0.717, 1.165) is 6.92 Å². The van der Waals surface area contributed by atoms with Crippen LogP contribution < -0.4 is 0 Å². The molecule has 0 aliphatic rings. The monoisotopic (exact) mass is 250 g/mol. The number of aliphatic carboxylic acids is 3. The zero-order chi connectivity index (χ0) is 12.1. The van der Waals surface area contributed by atoms with Gasteiger partial charge in [0, 0.05) is 19.8 Å². The second-order valence-electron chi connectivity index (χ2n) is 2.01. The molecule has 0 spiro atoms. The molecule has 0 aromatic heterocycles. The Morgan fingerprint density at radius 1 is 0.933 bits per heavy atom. The molecule has 0 aromatic rings. The quantitative estimate of drug-likeness (QED) is 0.628. The number of hydrogen-bond donors (Lipinski definition) is 3. The molecule has 0 amide bonds. The molecular weight excluding hydrogens is 232 g/mol. The molecular formula is C8H18CaO6. The molecule has 6 nitrogen and oxygen atoms in total. The van der Waals surface area contributed by atoms with Gasteiger partial charge in [0.15, 0.2) is 0 Å². The Bertz CT molecular complexity index is 171. The van der Waals surface area contributed by atoms with Gasteiger partial charge in [-0.2, -0.15) is 0 Å². The van der Waals surface area contributed by atoms with Gasteiger partial charge in [0.25, 0.3) is 5.97 Å². The fourth-order valence-electron chi connectivity index (χ4n) is 0. The van der Waals surface area contributed by atoms with E-state index in [9.17, 15) is 9.59 Å². The molecule has 0 radical (unpaired) electrons. The molecule has 15 heavy (non-hydrogen) atoms. The van der Waals surface area contributed by atoms with Crippen LogP contribution >= 0.6 is 0 Å². The Labute approximate surface area is 121 Å². The molecule has 0 rings (SSSR count). The first-order chi connectivity index (χ1) is 6.27. The molecule has 0 heterocycles. The number of carboxylic acid groups (broad SMARTS) is 3. The minimum atomic E-state index is -0.833. The third-order valence-corrected chi connectivity index (χ3v) is 0.605. The summed E-state index contributed by atoms with van der Waals surface area (Å²) in [6.45, 7) is 4.28. The minimum absolute atomic E-state index is 0. The van der Waals surface area contributed by atoms with Crippen LogP contribution in [0.15, 0.2) is 0 Å². The number of rotatable bonds is 2. The van der Waals surface area contributed by atoms with Gasteiger partial charge in [-0.1, -0.05) is 13.8 Å². The van der Waals surface area contributed by atoms with E-state index in [0.29, 0.717) is 0 Å². The van der Waals surface area contributed by atoms with Crippen molar-refractivity contribution in [1.82, 2.24) is 0 Å². The summed E-state index contributed by atoms with van der Waals surface area (Å²) in [6.07, 6.45) is 0.444. The van der Waals surface area contributed by atoms with Crippen molar-refractivity contribution in [3.05, 3.63) is 0 Å². The first-order valence-electron chi connectivity index (χ1n) is 3.90. The van der Waals surface area contributed by atoms with E-state index in [2.05, 4.69) is 0 Å². The van der Waals surface area contributed by atoms with Crippen LogP contribution in [-0.2, 0) is 14.4 Å². The molecule has 0 unspecified atom stereocenters. The van der Waals surface area contributed by atoms with Crippen molar-refractivity contribution in [2.75, 3.05) is 0 Å². The summed E-state index contributed by atoms with van der Waals surface area (Å²) in [5, 5.41) is 22.9. The zero-order valence-electron chi connectivity index (χ0n) is 11.2. The third-order valence-electron chi connectivity index (χ3n) is 0.605. The van der Waals surface area contributed by atoms with Gasteiger partial charge in [0.05, 0.1) is 0 Å². The maximum Gasteiger partial charge on any atom is 2.00 e. The van der Waals surface area contributed by atoms with Gasteiger partial charge in [-0.25, -0.2) is 0 Å². The molecule has 7 heteroatoms. The topological polar surface area (TPSA) is 112 Å². The summed E-state index contributed by atoms with van der Waals surface area (Å²) in [4.78, 5) is 27.7. The van der Waals surface area contributed by atoms with Gasteiger partial charge in [-0.05, 0) is 0 Å². The van der Waals surface area contributed by atoms with Gasteiger partial charge in [0.2, 0.25) is 0 Å². The van der Waals surface area contributed by atoms with Gasteiger partial charge < -0.3 is 18.2 Å². The smallest absolute Gasteiger partial charge is 1.00 e. The van der Waals surface area contributed by atoms with Crippen LogP contribution in [0, 0.1) is 0 Å². The molecule has 0 bridgehead atoms. The summed E-state index contributed by atoms with van der Waals surface area (Å²) >= 11 is 0. The van der Waals surface area contributed by atoms with Crippen molar-refractivity contribution in [3.63, 3.8) is 0 Å². The number of carboxylic acids is 3. The summed E-state index contributed by atoms with van der Waals surface area (Å²) in [6, 6.07) is 0. The fraction of sp³-hybridized carbons (Fsp3) is 0.625. The molecule has 0 aromatic carbocycles.